The fourth-order valence-corrected chi connectivity index (χ4v) is 3.16. The molecule has 1 N–H and O–H groups in total. The Morgan fingerprint density at radius 2 is 2.41 bits per heavy atom. The fraction of sp³-hybridized carbons (Fsp3) is 0.444. The molecule has 0 bridgehead atoms. The Balaban J connectivity index is 1.89. The van der Waals surface area contributed by atoms with Crippen LogP contribution in [0.5, 0.6) is 0 Å². The molecule has 4 nitrogen and oxygen atoms in total. The van der Waals surface area contributed by atoms with Gasteiger partial charge >= 0.3 is 0 Å². The summed E-state index contributed by atoms with van der Waals surface area (Å²) in [5, 5.41) is 10.9. The third-order valence-corrected chi connectivity index (χ3v) is 4.91. The number of aromatic nitrogens is 2. The molecule has 0 saturated heterocycles. The van der Waals surface area contributed by atoms with Gasteiger partial charge < -0.3 is 5.32 Å². The van der Waals surface area contributed by atoms with Gasteiger partial charge in [0.25, 0.3) is 0 Å². The molecule has 17 heavy (non-hydrogen) atoms. The Morgan fingerprint density at radius 1 is 1.71 bits per heavy atom. The zero-order valence-electron chi connectivity index (χ0n) is 8.65. The summed E-state index contributed by atoms with van der Waals surface area (Å²) < 4.78 is -0.117. The third kappa shape index (κ3) is 3.34. The summed E-state index contributed by atoms with van der Waals surface area (Å²) >= 11 is 14.4. The highest BCUT2D eigenvalue weighted by molar-refractivity contribution is 8.01. The van der Waals surface area contributed by atoms with Crippen LogP contribution in [0.3, 0.4) is 0 Å². The number of carbonyl (C=O) groups excluding carboxylic acids is 1. The minimum Gasteiger partial charge on any atom is -0.300 e. The molecule has 0 radical (unpaired) electrons. The zero-order valence-corrected chi connectivity index (χ0v) is 11.8. The second-order valence-electron chi connectivity index (χ2n) is 3.48. The lowest BCUT2D eigenvalue weighted by atomic mass is 10.4. The van der Waals surface area contributed by atoms with Crippen molar-refractivity contribution in [2.45, 2.75) is 15.1 Å². The Labute approximate surface area is 117 Å². The molecule has 1 aliphatic rings. The van der Waals surface area contributed by atoms with Crippen molar-refractivity contribution in [2.75, 3.05) is 11.1 Å². The smallest absolute Gasteiger partial charge is 0.232 e. The molecule has 1 aromatic rings. The predicted octanol–water partition coefficient (Wildman–Crippen LogP) is 2.95. The van der Waals surface area contributed by atoms with E-state index < -0.39 is 4.33 Å². The number of hydrogen-bond donors (Lipinski definition) is 1. The van der Waals surface area contributed by atoms with Gasteiger partial charge in [0, 0.05) is 5.75 Å². The number of nitrogens with one attached hydrogen (secondary N) is 1. The van der Waals surface area contributed by atoms with Gasteiger partial charge in [-0.25, -0.2) is 0 Å². The minimum atomic E-state index is -0.908. The van der Waals surface area contributed by atoms with E-state index in [2.05, 4.69) is 22.1 Å². The fourth-order valence-electron chi connectivity index (χ4n) is 1.14. The van der Waals surface area contributed by atoms with E-state index >= 15 is 0 Å². The molecule has 1 atom stereocenters. The van der Waals surface area contributed by atoms with Crippen LogP contribution in [0.15, 0.2) is 17.0 Å². The first-order valence-corrected chi connectivity index (χ1v) is 7.34. The molecule has 0 aromatic carbocycles. The van der Waals surface area contributed by atoms with Gasteiger partial charge in [-0.15, -0.1) is 40.0 Å². The summed E-state index contributed by atoms with van der Waals surface area (Å²) in [5.41, 5.74) is 0. The van der Waals surface area contributed by atoms with Crippen molar-refractivity contribution < 1.29 is 4.79 Å². The molecule has 8 heteroatoms. The topological polar surface area (TPSA) is 54.9 Å². The summed E-state index contributed by atoms with van der Waals surface area (Å²) in [4.78, 5) is 11.6. The molecule has 1 fully saturated rings. The summed E-state index contributed by atoms with van der Waals surface area (Å²) in [5.74, 6) is 0.211. The highest BCUT2D eigenvalue weighted by atomic mass is 35.5. The number of thioether (sulfide) groups is 1. The molecule has 92 valence electrons. The number of anilines is 1. The Bertz CT molecular complexity index is 449. The van der Waals surface area contributed by atoms with E-state index in [4.69, 9.17) is 23.2 Å². The number of rotatable bonds is 5. The van der Waals surface area contributed by atoms with E-state index in [9.17, 15) is 4.79 Å². The monoisotopic (exact) mass is 309 g/mol. The molecular formula is C9H9Cl2N3OS2. The Hall–Kier alpha value is -0.300. The van der Waals surface area contributed by atoms with Crippen LogP contribution in [0.2, 0.25) is 0 Å². The Morgan fingerprint density at radius 3 is 3.00 bits per heavy atom. The summed E-state index contributed by atoms with van der Waals surface area (Å²) in [7, 11) is 0. The average Bonchev–Trinajstić information content (AvgIpc) is 2.72. The number of hydrogen-bond acceptors (Lipinski definition) is 5. The first-order chi connectivity index (χ1) is 8.03. The van der Waals surface area contributed by atoms with Crippen molar-refractivity contribution in [1.82, 2.24) is 10.2 Å². The molecule has 1 heterocycles. The van der Waals surface area contributed by atoms with E-state index in [0.717, 1.165) is 10.1 Å². The van der Waals surface area contributed by atoms with Crippen LogP contribution in [0, 0.1) is 5.92 Å². The van der Waals surface area contributed by atoms with Gasteiger partial charge in [0.1, 0.15) is 4.33 Å². The minimum absolute atomic E-state index is 0.202. The van der Waals surface area contributed by atoms with Gasteiger partial charge in [0.15, 0.2) is 4.34 Å². The first-order valence-electron chi connectivity index (χ1n) is 4.79. The van der Waals surface area contributed by atoms with Crippen LogP contribution in [0.1, 0.15) is 6.42 Å². The SMILES string of the molecule is C=CCSc1nnc(NC(=O)C2CC2(Cl)Cl)s1. The molecule has 0 spiro atoms. The van der Waals surface area contributed by atoms with Crippen LogP contribution in [-0.2, 0) is 4.79 Å². The van der Waals surface area contributed by atoms with Gasteiger partial charge in [0.2, 0.25) is 11.0 Å². The van der Waals surface area contributed by atoms with Crippen molar-refractivity contribution in [3.8, 4) is 0 Å². The molecule has 1 unspecified atom stereocenters. The van der Waals surface area contributed by atoms with Gasteiger partial charge in [0.05, 0.1) is 5.92 Å². The van der Waals surface area contributed by atoms with Crippen LogP contribution < -0.4 is 5.32 Å². The quantitative estimate of drug-likeness (QED) is 0.393. The van der Waals surface area contributed by atoms with E-state index in [1.807, 2.05) is 0 Å². The molecule has 2 rings (SSSR count). The van der Waals surface area contributed by atoms with Crippen LogP contribution >= 0.6 is 46.3 Å². The molecule has 1 aliphatic carbocycles. The first kappa shape index (κ1) is 13.1. The van der Waals surface area contributed by atoms with E-state index in [-0.39, 0.29) is 11.8 Å². The van der Waals surface area contributed by atoms with Crippen LogP contribution in [0.25, 0.3) is 0 Å². The standard InChI is InChI=1S/C9H9Cl2N3OS2/c1-2-3-16-8-14-13-7(17-8)12-6(15)5-4-9(5,10)11/h2,5H,1,3-4H2,(H,12,13,15). The number of carbonyl (C=O) groups is 1. The normalized spacial score (nSPS) is 20.9. The number of halogens is 2. The van der Waals surface area contributed by atoms with E-state index in [1.165, 1.54) is 23.1 Å². The summed E-state index contributed by atoms with van der Waals surface area (Å²) in [6.07, 6.45) is 2.27. The number of alkyl halides is 2. The lowest BCUT2D eigenvalue weighted by molar-refractivity contribution is -0.117. The molecular weight excluding hydrogens is 301 g/mol. The maximum Gasteiger partial charge on any atom is 0.232 e. The summed E-state index contributed by atoms with van der Waals surface area (Å²) in [6, 6.07) is 0. The van der Waals surface area contributed by atoms with E-state index in [1.54, 1.807) is 6.08 Å². The van der Waals surface area contributed by atoms with Gasteiger partial charge in [-0.2, -0.15) is 0 Å². The highest BCUT2D eigenvalue weighted by Crippen LogP contribution is 2.53. The maximum absolute atomic E-state index is 11.6. The maximum atomic E-state index is 11.6. The van der Waals surface area contributed by atoms with Crippen LogP contribution in [0.4, 0.5) is 5.13 Å². The predicted molar refractivity (Wildman–Crippen MR) is 72.0 cm³/mol. The molecule has 0 aliphatic heterocycles. The van der Waals surface area contributed by atoms with Crippen molar-refractivity contribution in [3.05, 3.63) is 12.7 Å². The third-order valence-electron chi connectivity index (χ3n) is 2.10. The second kappa shape index (κ2) is 5.14. The molecule has 1 aromatic heterocycles. The molecule has 1 saturated carbocycles. The lowest BCUT2D eigenvalue weighted by Gasteiger charge is -1.99. The van der Waals surface area contributed by atoms with Crippen molar-refractivity contribution in [1.29, 1.82) is 0 Å². The van der Waals surface area contributed by atoms with Crippen molar-refractivity contribution >= 4 is 57.3 Å². The zero-order chi connectivity index (χ0) is 12.5. The highest BCUT2D eigenvalue weighted by Gasteiger charge is 2.56. The number of amides is 1. The van der Waals surface area contributed by atoms with Gasteiger partial charge in [-0.05, 0) is 6.42 Å². The van der Waals surface area contributed by atoms with Gasteiger partial charge in [-0.3, -0.25) is 4.79 Å². The second-order valence-corrected chi connectivity index (χ2v) is 7.27. The van der Waals surface area contributed by atoms with Crippen molar-refractivity contribution in [3.63, 3.8) is 0 Å². The van der Waals surface area contributed by atoms with Crippen LogP contribution in [-0.4, -0.2) is 26.2 Å². The summed E-state index contributed by atoms with van der Waals surface area (Å²) in [6.45, 7) is 3.61. The van der Waals surface area contributed by atoms with E-state index in [0.29, 0.717) is 11.6 Å². The van der Waals surface area contributed by atoms with Crippen molar-refractivity contribution in [2.24, 2.45) is 5.92 Å². The number of nitrogens with zero attached hydrogens (tertiary/aromatic N) is 2. The average molecular weight is 310 g/mol. The Kier molecular flexibility index (Phi) is 3.97. The lowest BCUT2D eigenvalue weighted by Crippen LogP contribution is -2.16. The molecule has 1 amide bonds. The van der Waals surface area contributed by atoms with Gasteiger partial charge in [-0.1, -0.05) is 29.2 Å². The largest absolute Gasteiger partial charge is 0.300 e.